The molecule has 228 valence electrons. The first-order valence-corrected chi connectivity index (χ1v) is 13.2. The highest BCUT2D eigenvalue weighted by Gasteiger charge is 2.58. The lowest BCUT2D eigenvalue weighted by Gasteiger charge is -2.28. The van der Waals surface area contributed by atoms with Gasteiger partial charge < -0.3 is 9.84 Å². The van der Waals surface area contributed by atoms with Gasteiger partial charge in [0, 0.05) is 5.56 Å². The van der Waals surface area contributed by atoms with Gasteiger partial charge in [0.1, 0.15) is 11.5 Å². The molecule has 0 aliphatic heterocycles. The summed E-state index contributed by atoms with van der Waals surface area (Å²) in [6.45, 7) is 1.35. The van der Waals surface area contributed by atoms with Crippen LogP contribution in [0.3, 0.4) is 0 Å². The van der Waals surface area contributed by atoms with Crippen molar-refractivity contribution in [3.8, 4) is 11.5 Å². The predicted molar refractivity (Wildman–Crippen MR) is 145 cm³/mol. The number of alkyl halides is 8. The Hall–Kier alpha value is -3.96. The van der Waals surface area contributed by atoms with E-state index in [0.717, 1.165) is 42.3 Å². The summed E-state index contributed by atoms with van der Waals surface area (Å²) >= 11 is 0. The van der Waals surface area contributed by atoms with Gasteiger partial charge in [-0.2, -0.15) is 35.1 Å². The van der Waals surface area contributed by atoms with Crippen molar-refractivity contribution in [3.05, 3.63) is 130 Å². The Balaban J connectivity index is 1.76. The van der Waals surface area contributed by atoms with Crippen LogP contribution in [0, 0.1) is 0 Å². The predicted octanol–water partition coefficient (Wildman–Crippen LogP) is 9.13. The lowest BCUT2D eigenvalue weighted by Crippen LogP contribution is -2.34. The van der Waals surface area contributed by atoms with E-state index < -0.39 is 48.1 Å². The van der Waals surface area contributed by atoms with E-state index in [4.69, 9.17) is 4.74 Å². The number of nitrogens with one attached hydrogen (secondary N) is 1. The summed E-state index contributed by atoms with van der Waals surface area (Å²) in [6, 6.07) is 19.3. The minimum atomic E-state index is -5.84. The molecule has 0 bridgehead atoms. The van der Waals surface area contributed by atoms with Crippen LogP contribution in [0.4, 0.5) is 35.1 Å². The molecule has 0 amide bonds. The molecule has 2 N–H and O–H groups in total. The number of benzene rings is 4. The maximum absolute atomic E-state index is 14.3. The van der Waals surface area contributed by atoms with Gasteiger partial charge in [0.15, 0.2) is 0 Å². The topological polar surface area (TPSA) is 41.5 Å². The van der Waals surface area contributed by atoms with E-state index in [9.17, 15) is 40.2 Å². The number of hydrogen-bond acceptors (Lipinski definition) is 3. The Labute approximate surface area is 242 Å². The fourth-order valence-corrected chi connectivity index (χ4v) is 4.54. The average Bonchev–Trinajstić information content (AvgIpc) is 2.97. The van der Waals surface area contributed by atoms with Crippen LogP contribution in [-0.2, 0) is 18.5 Å². The molecule has 11 heteroatoms. The van der Waals surface area contributed by atoms with E-state index in [1.54, 1.807) is 30.3 Å². The summed E-state index contributed by atoms with van der Waals surface area (Å²) in [5.74, 6) is -4.29. The van der Waals surface area contributed by atoms with Crippen LogP contribution in [0.1, 0.15) is 52.4 Å². The lowest BCUT2D eigenvalue weighted by molar-refractivity contribution is -0.289. The molecule has 0 saturated carbocycles. The van der Waals surface area contributed by atoms with Crippen LogP contribution in [-0.4, -0.2) is 17.9 Å². The fourth-order valence-electron chi connectivity index (χ4n) is 4.54. The van der Waals surface area contributed by atoms with E-state index in [-0.39, 0.29) is 11.1 Å². The van der Waals surface area contributed by atoms with Crippen LogP contribution >= 0.6 is 0 Å². The monoisotopic (exact) mass is 609 g/mol. The van der Waals surface area contributed by atoms with Crippen molar-refractivity contribution < 1.29 is 45.0 Å². The lowest BCUT2D eigenvalue weighted by atomic mass is 9.93. The second kappa shape index (κ2) is 12.7. The van der Waals surface area contributed by atoms with Gasteiger partial charge in [0.05, 0.1) is 24.3 Å². The number of ether oxygens (including phenoxy) is 1. The maximum Gasteiger partial charge on any atom is 0.458 e. The van der Waals surface area contributed by atoms with Gasteiger partial charge in [0.25, 0.3) is 0 Å². The van der Waals surface area contributed by atoms with Crippen LogP contribution in [0.2, 0.25) is 0 Å². The second-order valence-corrected chi connectivity index (χ2v) is 9.83. The molecule has 0 spiro atoms. The van der Waals surface area contributed by atoms with Gasteiger partial charge in [-0.25, -0.2) is 0 Å². The van der Waals surface area contributed by atoms with Gasteiger partial charge >= 0.3 is 18.3 Å². The first-order chi connectivity index (χ1) is 20.2. The normalized spacial score (nSPS) is 13.9. The first kappa shape index (κ1) is 32.0. The molecule has 0 radical (unpaired) electrons. The summed E-state index contributed by atoms with van der Waals surface area (Å²) in [5, 5.41) is 13.2. The molecule has 4 aromatic carbocycles. The van der Waals surface area contributed by atoms with Crippen molar-refractivity contribution >= 4 is 0 Å². The van der Waals surface area contributed by atoms with E-state index in [2.05, 4.69) is 5.32 Å². The molecule has 4 rings (SSSR count). The number of halogens is 8. The average molecular weight is 610 g/mol. The third-order valence-electron chi connectivity index (χ3n) is 6.86. The van der Waals surface area contributed by atoms with Gasteiger partial charge in [-0.3, -0.25) is 5.32 Å². The van der Waals surface area contributed by atoms with Gasteiger partial charge in [0.2, 0.25) is 0 Å². The quantitative estimate of drug-likeness (QED) is 0.176. The molecule has 2 unspecified atom stereocenters. The molecule has 43 heavy (non-hydrogen) atoms. The third-order valence-corrected chi connectivity index (χ3v) is 6.86. The summed E-state index contributed by atoms with van der Waals surface area (Å²) < 4.78 is 113. The summed E-state index contributed by atoms with van der Waals surface area (Å²) in [7, 11) is 0. The third kappa shape index (κ3) is 7.52. The Kier molecular flexibility index (Phi) is 9.46. The Morgan fingerprint density at radius 2 is 1.26 bits per heavy atom. The highest BCUT2D eigenvalue weighted by Crippen LogP contribution is 2.44. The zero-order valence-corrected chi connectivity index (χ0v) is 22.7. The van der Waals surface area contributed by atoms with E-state index >= 15 is 0 Å². The minimum Gasteiger partial charge on any atom is -0.457 e. The maximum atomic E-state index is 14.3. The molecular weight excluding hydrogens is 582 g/mol. The molecular formula is C32H27F8NO2. The van der Waals surface area contributed by atoms with Crippen molar-refractivity contribution in [2.75, 3.05) is 6.61 Å². The molecule has 0 aliphatic rings. The smallest absolute Gasteiger partial charge is 0.457 e. The standard InChI is InChI=1S/C32H27F8NO2/c1-2-20-6-3-10-26(16-20)43-27-11-5-8-23(18-27)29(22-7-4-9-25(17-22)30(33,34)32(38,39)40)41-28(19-42)21-12-14-24(15-13-21)31(35,36)37/h3-18,28-29,41-42H,2,19H2,1H3. The number of aliphatic hydroxyl groups is 1. The summed E-state index contributed by atoms with van der Waals surface area (Å²) in [4.78, 5) is 0. The largest absolute Gasteiger partial charge is 0.458 e. The highest BCUT2D eigenvalue weighted by atomic mass is 19.4. The molecule has 0 aromatic heterocycles. The molecule has 0 heterocycles. The number of aliphatic hydroxyl groups excluding tert-OH is 1. The van der Waals surface area contributed by atoms with Crippen molar-refractivity contribution in [3.63, 3.8) is 0 Å². The van der Waals surface area contributed by atoms with Crippen LogP contribution in [0.25, 0.3) is 0 Å². The van der Waals surface area contributed by atoms with Gasteiger partial charge in [-0.15, -0.1) is 0 Å². The Morgan fingerprint density at radius 3 is 1.84 bits per heavy atom. The summed E-state index contributed by atoms with van der Waals surface area (Å²) in [5.41, 5.74) is -0.579. The number of aryl methyl sites for hydroxylation is 1. The highest BCUT2D eigenvalue weighted by molar-refractivity contribution is 5.42. The first-order valence-electron chi connectivity index (χ1n) is 13.2. The molecule has 0 fully saturated rings. The van der Waals surface area contributed by atoms with E-state index in [1.165, 1.54) is 6.07 Å². The van der Waals surface area contributed by atoms with Crippen LogP contribution in [0.5, 0.6) is 11.5 Å². The Morgan fingerprint density at radius 1 is 0.674 bits per heavy atom. The van der Waals surface area contributed by atoms with Crippen molar-refractivity contribution in [2.24, 2.45) is 0 Å². The number of hydrogen-bond donors (Lipinski definition) is 2. The van der Waals surface area contributed by atoms with E-state index in [0.29, 0.717) is 29.2 Å². The van der Waals surface area contributed by atoms with Crippen molar-refractivity contribution in [1.29, 1.82) is 0 Å². The molecule has 3 nitrogen and oxygen atoms in total. The van der Waals surface area contributed by atoms with Crippen LogP contribution in [0.15, 0.2) is 97.1 Å². The molecule has 0 saturated heterocycles. The Bertz CT molecular complexity index is 1520. The van der Waals surface area contributed by atoms with Crippen LogP contribution < -0.4 is 10.1 Å². The molecule has 2 atom stereocenters. The van der Waals surface area contributed by atoms with Gasteiger partial charge in [-0.1, -0.05) is 61.5 Å². The van der Waals surface area contributed by atoms with Crippen molar-refractivity contribution in [2.45, 2.75) is 43.7 Å². The molecule has 4 aromatic rings. The zero-order valence-electron chi connectivity index (χ0n) is 22.7. The van der Waals surface area contributed by atoms with Gasteiger partial charge in [-0.05, 0) is 71.1 Å². The molecule has 0 aliphatic carbocycles. The fraction of sp³-hybridized carbons (Fsp3) is 0.250. The second-order valence-electron chi connectivity index (χ2n) is 9.83. The van der Waals surface area contributed by atoms with E-state index in [1.807, 2.05) is 25.1 Å². The summed E-state index contributed by atoms with van der Waals surface area (Å²) in [6.07, 6.45) is -9.68. The SMILES string of the molecule is CCc1cccc(Oc2cccc(C(NC(CO)c3ccc(C(F)(F)F)cc3)c3cccc(C(F)(F)C(F)(F)F)c3)c2)c1. The minimum absolute atomic E-state index is 0.00285. The zero-order chi connectivity index (χ0) is 31.4. The van der Waals surface area contributed by atoms with Crippen molar-refractivity contribution in [1.82, 2.24) is 5.32 Å². The number of rotatable bonds is 10.